The molecule has 560 valence electrons. The van der Waals surface area contributed by atoms with E-state index in [1.807, 2.05) is 0 Å². The van der Waals surface area contributed by atoms with Crippen LogP contribution in [-0.4, -0.2) is 49.3 Å². The molecule has 0 saturated carbocycles. The van der Waals surface area contributed by atoms with E-state index in [9.17, 15) is 19.0 Å². The molecule has 0 spiro atoms. The molecule has 3 N–H and O–H groups in total. The largest absolute Gasteiger partial charge is 0.472 e. The normalized spacial score (nSPS) is 13.9. The number of phosphoric acid groups is 1. The van der Waals surface area contributed by atoms with Gasteiger partial charge in [-0.2, -0.15) is 0 Å². The average molecular weight is 1390 g/mol. The predicted molar refractivity (Wildman–Crippen MR) is 431 cm³/mol. The van der Waals surface area contributed by atoms with Gasteiger partial charge in [-0.15, -0.1) is 0 Å². The van der Waals surface area contributed by atoms with Crippen molar-refractivity contribution in [3.63, 3.8) is 0 Å². The summed E-state index contributed by atoms with van der Waals surface area (Å²) in [6.07, 6.45) is 124. The molecule has 0 amide bonds. The van der Waals surface area contributed by atoms with Crippen LogP contribution >= 0.6 is 7.82 Å². The van der Waals surface area contributed by atoms with Crippen LogP contribution in [0.2, 0.25) is 0 Å². The fraction of sp³-hybridized carbons (Fsp3) is 0.618. The Morgan fingerprint density at radius 2 is 0.525 bits per heavy atom. The van der Waals surface area contributed by atoms with E-state index in [4.69, 9.17) is 24.3 Å². The van der Waals surface area contributed by atoms with E-state index in [0.29, 0.717) is 6.42 Å². The number of nitrogens with two attached hydrogens (primary N) is 1. The van der Waals surface area contributed by atoms with Crippen LogP contribution in [0.5, 0.6) is 0 Å². The van der Waals surface area contributed by atoms with Gasteiger partial charge in [-0.1, -0.05) is 362 Å². The van der Waals surface area contributed by atoms with Crippen LogP contribution in [0.3, 0.4) is 0 Å². The summed E-state index contributed by atoms with van der Waals surface area (Å²) in [6, 6.07) is 0. The topological polar surface area (TPSA) is 134 Å². The molecule has 0 fully saturated rings. The van der Waals surface area contributed by atoms with Crippen molar-refractivity contribution in [2.75, 3.05) is 26.4 Å². The zero-order chi connectivity index (χ0) is 71.5. The highest BCUT2D eigenvalue weighted by atomic mass is 31.2. The molecule has 0 saturated heterocycles. The number of carbonyl (C=O) groups excluding carboxylic acids is 2. The van der Waals surface area contributed by atoms with E-state index in [-0.39, 0.29) is 38.6 Å². The maximum absolute atomic E-state index is 12.8. The van der Waals surface area contributed by atoms with Crippen molar-refractivity contribution in [3.05, 3.63) is 194 Å². The Balaban J connectivity index is 3.90. The summed E-state index contributed by atoms with van der Waals surface area (Å²) in [5.74, 6) is -0.838. The van der Waals surface area contributed by atoms with E-state index in [1.165, 1.54) is 141 Å². The molecule has 0 radical (unpaired) electrons. The summed E-state index contributed by atoms with van der Waals surface area (Å²) in [4.78, 5) is 35.5. The Kier molecular flexibility index (Phi) is 77.6. The Morgan fingerprint density at radius 1 is 0.303 bits per heavy atom. The van der Waals surface area contributed by atoms with Crippen molar-refractivity contribution in [2.45, 2.75) is 328 Å². The maximum atomic E-state index is 12.8. The summed E-state index contributed by atoms with van der Waals surface area (Å²) in [7, 11) is -4.41. The molecule has 0 rings (SSSR count). The zero-order valence-corrected chi connectivity index (χ0v) is 64.0. The molecule has 2 atom stereocenters. The molecule has 0 aromatic rings. The first-order valence-electron chi connectivity index (χ1n) is 39.9. The Labute approximate surface area is 608 Å². The Morgan fingerprint density at radius 3 is 0.778 bits per heavy atom. The minimum Gasteiger partial charge on any atom is -0.462 e. The lowest BCUT2D eigenvalue weighted by molar-refractivity contribution is -0.161. The van der Waals surface area contributed by atoms with E-state index in [2.05, 4.69) is 208 Å². The second-order valence-electron chi connectivity index (χ2n) is 25.8. The first-order chi connectivity index (χ1) is 48.8. The van der Waals surface area contributed by atoms with E-state index < -0.39 is 26.5 Å². The molecular formula is C89H146NO8P. The molecule has 99 heavy (non-hydrogen) atoms. The summed E-state index contributed by atoms with van der Waals surface area (Å²) < 4.78 is 33.3. The van der Waals surface area contributed by atoms with Gasteiger partial charge < -0.3 is 20.1 Å². The first kappa shape index (κ1) is 93.8. The van der Waals surface area contributed by atoms with Crippen molar-refractivity contribution >= 4 is 19.8 Å². The molecule has 0 aromatic carbocycles. The van der Waals surface area contributed by atoms with Gasteiger partial charge in [0, 0.05) is 19.4 Å². The van der Waals surface area contributed by atoms with Gasteiger partial charge in [0.05, 0.1) is 13.2 Å². The Bertz CT molecular complexity index is 2340. The van der Waals surface area contributed by atoms with Crippen molar-refractivity contribution in [1.82, 2.24) is 0 Å². The first-order valence-corrected chi connectivity index (χ1v) is 41.4. The van der Waals surface area contributed by atoms with Gasteiger partial charge in [-0.3, -0.25) is 18.6 Å². The number of unbranched alkanes of at least 4 members (excludes halogenated alkanes) is 28. The van der Waals surface area contributed by atoms with Gasteiger partial charge in [0.2, 0.25) is 0 Å². The number of hydrogen-bond acceptors (Lipinski definition) is 8. The van der Waals surface area contributed by atoms with Crippen LogP contribution < -0.4 is 5.73 Å². The van der Waals surface area contributed by atoms with Gasteiger partial charge in [-0.25, -0.2) is 4.57 Å². The molecular weight excluding hydrogens is 1240 g/mol. The summed E-state index contributed by atoms with van der Waals surface area (Å²) in [5, 5.41) is 0. The maximum Gasteiger partial charge on any atom is 0.472 e. The third-order valence-electron chi connectivity index (χ3n) is 16.5. The molecule has 10 heteroatoms. The number of ether oxygens (including phenoxy) is 2. The van der Waals surface area contributed by atoms with Gasteiger partial charge in [-0.05, 0) is 141 Å². The minimum absolute atomic E-state index is 0.0446. The molecule has 0 aliphatic rings. The number of allylic oxidation sites excluding steroid dienone is 32. The van der Waals surface area contributed by atoms with E-state index in [1.54, 1.807) is 0 Å². The second kappa shape index (κ2) is 81.8. The van der Waals surface area contributed by atoms with Crippen LogP contribution in [0, 0.1) is 0 Å². The lowest BCUT2D eigenvalue weighted by Gasteiger charge is -2.19. The van der Waals surface area contributed by atoms with Crippen LogP contribution in [0.15, 0.2) is 194 Å². The summed E-state index contributed by atoms with van der Waals surface area (Å²) >= 11 is 0. The predicted octanol–water partition coefficient (Wildman–Crippen LogP) is 27.2. The molecule has 0 heterocycles. The summed E-state index contributed by atoms with van der Waals surface area (Å²) in [5.41, 5.74) is 5.41. The van der Waals surface area contributed by atoms with Gasteiger partial charge in [0.1, 0.15) is 6.61 Å². The highest BCUT2D eigenvalue weighted by molar-refractivity contribution is 7.47. The molecule has 0 aromatic heterocycles. The molecule has 9 nitrogen and oxygen atoms in total. The number of hydrogen-bond donors (Lipinski definition) is 2. The highest BCUT2D eigenvalue weighted by Gasteiger charge is 2.26. The number of carbonyl (C=O) groups is 2. The molecule has 2 unspecified atom stereocenters. The van der Waals surface area contributed by atoms with Crippen LogP contribution in [-0.2, 0) is 32.7 Å². The monoisotopic (exact) mass is 1390 g/mol. The minimum atomic E-state index is -4.41. The quantitative estimate of drug-likeness (QED) is 0.0264. The van der Waals surface area contributed by atoms with Crippen molar-refractivity contribution in [1.29, 1.82) is 0 Å². The van der Waals surface area contributed by atoms with Gasteiger partial charge >= 0.3 is 19.8 Å². The fourth-order valence-corrected chi connectivity index (χ4v) is 11.4. The standard InChI is InChI=1S/C89H146NO8P/c1-3-5-7-9-11-13-15-17-19-21-23-25-27-29-31-33-35-37-39-41-43-45-47-49-51-53-55-57-59-61-63-65-67-69-71-73-75-77-79-81-88(91)95-85-87(86-97-99(93,94)96-84-83-90)98-89(92)82-80-78-76-74-72-70-68-66-64-62-60-58-56-54-52-50-48-46-44-42-40-38-36-34-32-30-28-26-24-22-20-18-16-14-12-10-8-6-4-2/h5-8,11-14,17-20,23-26,29-32,35-38,42,44,48,50,54,56,60,62,87H,3-4,9-10,15-16,21-22,27-28,33-34,39-41,43,45-47,49,51-53,55,57-59,61,63-86,90H2,1-2H3,(H,93,94)/b7-5-,8-6-,13-11-,14-12-,19-17-,20-18-,25-23-,26-24-,31-29-,32-30-,37-35-,38-36-,44-42-,50-48-,56-54-,62-60-. The molecule has 0 aliphatic heterocycles. The van der Waals surface area contributed by atoms with Crippen LogP contribution in [0.1, 0.15) is 322 Å². The molecule has 0 aliphatic carbocycles. The highest BCUT2D eigenvalue weighted by Crippen LogP contribution is 2.43. The fourth-order valence-electron chi connectivity index (χ4n) is 10.7. The second-order valence-corrected chi connectivity index (χ2v) is 27.3. The smallest absolute Gasteiger partial charge is 0.462 e. The van der Waals surface area contributed by atoms with Gasteiger partial charge in [0.15, 0.2) is 6.10 Å². The Hall–Kier alpha value is -5.15. The van der Waals surface area contributed by atoms with Gasteiger partial charge in [0.25, 0.3) is 0 Å². The van der Waals surface area contributed by atoms with Crippen LogP contribution in [0.4, 0.5) is 0 Å². The SMILES string of the molecule is CC/C=C\C/C=C\C/C=C\C/C=C\C/C=C\C/C=C\C/C=C\C/C=C\C/C=C\C/C=C\CCCCCCCCCCC(=O)OC(COC(=O)CCCCCCCCCCCCCCCCCCCCCC/C=C\C/C=C\C/C=C\C/C=C\C/C=C\C/C=C\CC)COP(=O)(O)OCCN. The lowest BCUT2D eigenvalue weighted by atomic mass is 10.0. The van der Waals surface area contributed by atoms with Crippen molar-refractivity contribution in [3.8, 4) is 0 Å². The number of phosphoric ester groups is 1. The van der Waals surface area contributed by atoms with Crippen molar-refractivity contribution < 1.29 is 37.6 Å². The zero-order valence-electron chi connectivity index (χ0n) is 63.2. The third-order valence-corrected chi connectivity index (χ3v) is 17.5. The number of rotatable bonds is 73. The average Bonchev–Trinajstić information content (AvgIpc) is 1.35. The summed E-state index contributed by atoms with van der Waals surface area (Å²) in [6.45, 7) is 3.51. The molecule has 0 bridgehead atoms. The van der Waals surface area contributed by atoms with Crippen LogP contribution in [0.25, 0.3) is 0 Å². The number of esters is 2. The van der Waals surface area contributed by atoms with E-state index >= 15 is 0 Å². The van der Waals surface area contributed by atoms with Crippen molar-refractivity contribution in [2.24, 2.45) is 5.73 Å². The third kappa shape index (κ3) is 81.7. The van der Waals surface area contributed by atoms with E-state index in [0.717, 1.165) is 148 Å². The lowest BCUT2D eigenvalue weighted by Crippen LogP contribution is -2.29.